The van der Waals surface area contributed by atoms with Crippen molar-refractivity contribution in [3.8, 4) is 0 Å². The van der Waals surface area contributed by atoms with Crippen LogP contribution in [0.3, 0.4) is 0 Å². The number of carbonyl (C=O) groups is 3. The Morgan fingerprint density at radius 2 is 1.54 bits per heavy atom. The van der Waals surface area contributed by atoms with Gasteiger partial charge in [-0.2, -0.15) is 0 Å². The molecule has 0 fully saturated rings. The first-order chi connectivity index (χ1) is 16.8. The van der Waals surface area contributed by atoms with E-state index in [0.717, 1.165) is 22.4 Å². The third kappa shape index (κ3) is 7.17. The van der Waals surface area contributed by atoms with E-state index in [9.17, 15) is 19.5 Å². The number of halogens is 1. The minimum Gasteiger partial charge on any atom is -0.480 e. The van der Waals surface area contributed by atoms with Crippen molar-refractivity contribution < 1.29 is 19.5 Å². The Morgan fingerprint density at radius 1 is 0.914 bits per heavy atom. The smallest absolute Gasteiger partial charge is 0.326 e. The quantitative estimate of drug-likeness (QED) is 0.407. The van der Waals surface area contributed by atoms with E-state index in [1.807, 2.05) is 62.4 Å². The first-order valence-corrected chi connectivity index (χ1v) is 11.8. The zero-order valence-corrected chi connectivity index (χ0v) is 20.6. The van der Waals surface area contributed by atoms with Crippen molar-refractivity contribution >= 4 is 35.1 Å². The molecule has 2 amide bonds. The number of hydrogen-bond acceptors (Lipinski definition) is 3. The van der Waals surface area contributed by atoms with E-state index in [4.69, 9.17) is 11.6 Å². The second kappa shape index (κ2) is 12.2. The predicted molar refractivity (Wildman–Crippen MR) is 138 cm³/mol. The molecule has 0 bridgehead atoms. The molecular weight excluding hydrogens is 464 g/mol. The van der Waals surface area contributed by atoms with Crippen molar-refractivity contribution in [1.29, 1.82) is 0 Å². The molecule has 6 nitrogen and oxygen atoms in total. The maximum Gasteiger partial charge on any atom is 0.326 e. The number of carbonyl (C=O) groups excluding carboxylic acids is 2. The van der Waals surface area contributed by atoms with E-state index in [1.54, 1.807) is 29.2 Å². The number of amides is 2. The highest BCUT2D eigenvalue weighted by Crippen LogP contribution is 2.27. The largest absolute Gasteiger partial charge is 0.480 e. The lowest BCUT2D eigenvalue weighted by molar-refractivity contribution is -0.141. The Hall–Kier alpha value is -3.64. The van der Waals surface area contributed by atoms with E-state index in [-0.39, 0.29) is 24.7 Å². The van der Waals surface area contributed by atoms with E-state index < -0.39 is 12.0 Å². The van der Waals surface area contributed by atoms with Gasteiger partial charge in [0.25, 0.3) is 5.91 Å². The number of benzene rings is 3. The molecule has 3 aromatic carbocycles. The van der Waals surface area contributed by atoms with E-state index in [1.165, 1.54) is 0 Å². The molecule has 0 unspecified atom stereocenters. The first-order valence-electron chi connectivity index (χ1n) is 11.5. The lowest BCUT2D eigenvalue weighted by atomic mass is 10.0. The molecular formula is C28H29ClN2O4. The fourth-order valence-electron chi connectivity index (χ4n) is 4.01. The lowest BCUT2D eigenvalue weighted by Crippen LogP contribution is -2.42. The number of para-hydroxylation sites is 1. The predicted octanol–water partition coefficient (Wildman–Crippen LogP) is 5.20. The van der Waals surface area contributed by atoms with Crippen molar-refractivity contribution in [2.45, 2.75) is 39.2 Å². The van der Waals surface area contributed by atoms with Gasteiger partial charge in [-0.3, -0.25) is 9.59 Å². The monoisotopic (exact) mass is 492 g/mol. The Kier molecular flexibility index (Phi) is 9.04. The maximum absolute atomic E-state index is 13.4. The molecule has 0 spiro atoms. The van der Waals surface area contributed by atoms with Gasteiger partial charge in [0.1, 0.15) is 6.04 Å². The number of anilines is 1. The molecule has 0 saturated heterocycles. The zero-order chi connectivity index (χ0) is 25.4. The summed E-state index contributed by atoms with van der Waals surface area (Å²) in [5, 5.41) is 12.7. The molecule has 0 saturated carbocycles. The van der Waals surface area contributed by atoms with Crippen molar-refractivity contribution in [3.63, 3.8) is 0 Å². The number of hydrogen-bond donors (Lipinski definition) is 2. The van der Waals surface area contributed by atoms with E-state index in [0.29, 0.717) is 23.6 Å². The Morgan fingerprint density at radius 3 is 2.14 bits per heavy atom. The van der Waals surface area contributed by atoms with Crippen LogP contribution >= 0.6 is 11.6 Å². The van der Waals surface area contributed by atoms with Crippen LogP contribution < -0.4 is 10.2 Å². The fraction of sp³-hybridized carbons (Fsp3) is 0.250. The van der Waals surface area contributed by atoms with Crippen molar-refractivity contribution in [2.75, 3.05) is 11.4 Å². The van der Waals surface area contributed by atoms with Crippen LogP contribution in [-0.2, 0) is 16.0 Å². The summed E-state index contributed by atoms with van der Waals surface area (Å²) in [4.78, 5) is 39.4. The van der Waals surface area contributed by atoms with Gasteiger partial charge in [0.05, 0.1) is 0 Å². The molecule has 0 aromatic heterocycles. The van der Waals surface area contributed by atoms with Crippen molar-refractivity contribution in [1.82, 2.24) is 5.32 Å². The third-order valence-electron chi connectivity index (χ3n) is 5.75. The summed E-state index contributed by atoms with van der Waals surface area (Å²) in [6, 6.07) is 20.7. The molecule has 0 aliphatic heterocycles. The molecule has 3 aromatic rings. The highest BCUT2D eigenvalue weighted by atomic mass is 35.5. The zero-order valence-electron chi connectivity index (χ0n) is 19.8. The maximum atomic E-state index is 13.4. The van der Waals surface area contributed by atoms with Gasteiger partial charge in [-0.05, 0) is 61.2 Å². The van der Waals surface area contributed by atoms with Gasteiger partial charge in [-0.1, -0.05) is 60.1 Å². The van der Waals surface area contributed by atoms with Gasteiger partial charge in [-0.15, -0.1) is 0 Å². The standard InChI is InChI=1S/C28H29ClN2O4/c1-19-8-6-9-20(2)26(19)31(27(33)22-13-15-23(29)16-14-22)17-7-12-25(32)30-24(28(34)35)18-21-10-4-3-5-11-21/h3-6,8-11,13-16,24H,7,12,17-18H2,1-2H3,(H,30,32)(H,34,35)/t24-/m0/s1. The summed E-state index contributed by atoms with van der Waals surface area (Å²) < 4.78 is 0. The number of carboxylic acid groups (broad SMARTS) is 1. The summed E-state index contributed by atoms with van der Waals surface area (Å²) in [5.41, 5.74) is 4.03. The average Bonchev–Trinajstić information content (AvgIpc) is 2.83. The molecule has 7 heteroatoms. The van der Waals surface area contributed by atoms with Crippen LogP contribution in [0.5, 0.6) is 0 Å². The number of aliphatic carboxylic acids is 1. The second-order valence-corrected chi connectivity index (χ2v) is 8.89. The summed E-state index contributed by atoms with van der Waals surface area (Å²) in [7, 11) is 0. The van der Waals surface area contributed by atoms with Gasteiger partial charge in [-0.25, -0.2) is 4.79 Å². The SMILES string of the molecule is Cc1cccc(C)c1N(CCCC(=O)N[C@@H](Cc1ccccc1)C(=O)O)C(=O)c1ccc(Cl)cc1. The summed E-state index contributed by atoms with van der Waals surface area (Å²) >= 11 is 5.99. The minimum atomic E-state index is -1.09. The summed E-state index contributed by atoms with van der Waals surface area (Å²) in [5.74, 6) is -1.64. The fourth-order valence-corrected chi connectivity index (χ4v) is 4.13. The van der Waals surface area contributed by atoms with Crippen LogP contribution in [0.4, 0.5) is 5.69 Å². The number of aryl methyl sites for hydroxylation is 2. The van der Waals surface area contributed by atoms with Crippen LogP contribution in [0.15, 0.2) is 72.8 Å². The van der Waals surface area contributed by atoms with Gasteiger partial charge in [0.15, 0.2) is 0 Å². The van der Waals surface area contributed by atoms with Gasteiger partial charge in [0, 0.05) is 35.7 Å². The number of nitrogens with zero attached hydrogens (tertiary/aromatic N) is 1. The Labute approximate surface area is 210 Å². The topological polar surface area (TPSA) is 86.7 Å². The molecule has 3 rings (SSSR count). The van der Waals surface area contributed by atoms with Crippen LogP contribution in [0.1, 0.15) is 39.9 Å². The van der Waals surface area contributed by atoms with Crippen molar-refractivity contribution in [3.05, 3.63) is 100 Å². The molecule has 0 radical (unpaired) electrons. The third-order valence-corrected chi connectivity index (χ3v) is 6.00. The van der Waals surface area contributed by atoms with Gasteiger partial charge in [0.2, 0.25) is 5.91 Å². The Balaban J connectivity index is 1.70. The number of carboxylic acids is 1. The molecule has 35 heavy (non-hydrogen) atoms. The van der Waals surface area contributed by atoms with E-state index in [2.05, 4.69) is 5.32 Å². The summed E-state index contributed by atoms with van der Waals surface area (Å²) in [6.45, 7) is 4.19. The molecule has 2 N–H and O–H groups in total. The molecule has 182 valence electrons. The van der Waals surface area contributed by atoms with Crippen LogP contribution in [0.25, 0.3) is 0 Å². The highest BCUT2D eigenvalue weighted by molar-refractivity contribution is 6.30. The lowest BCUT2D eigenvalue weighted by Gasteiger charge is -2.26. The Bertz CT molecular complexity index is 1160. The first kappa shape index (κ1) is 26.0. The van der Waals surface area contributed by atoms with E-state index >= 15 is 0 Å². The van der Waals surface area contributed by atoms with Crippen LogP contribution in [0, 0.1) is 13.8 Å². The number of nitrogens with one attached hydrogen (secondary N) is 1. The molecule has 0 aliphatic carbocycles. The normalized spacial score (nSPS) is 11.5. The average molecular weight is 493 g/mol. The van der Waals surface area contributed by atoms with Crippen LogP contribution in [-0.4, -0.2) is 35.5 Å². The van der Waals surface area contributed by atoms with Gasteiger partial charge < -0.3 is 15.3 Å². The second-order valence-electron chi connectivity index (χ2n) is 8.46. The molecule has 0 aliphatic rings. The minimum absolute atomic E-state index is 0.0912. The molecule has 0 heterocycles. The molecule has 1 atom stereocenters. The highest BCUT2D eigenvalue weighted by Gasteiger charge is 2.23. The van der Waals surface area contributed by atoms with Gasteiger partial charge >= 0.3 is 5.97 Å². The number of rotatable bonds is 10. The summed E-state index contributed by atoms with van der Waals surface area (Å²) in [6.07, 6.45) is 0.663. The van der Waals surface area contributed by atoms with Crippen molar-refractivity contribution in [2.24, 2.45) is 0 Å². The van der Waals surface area contributed by atoms with Crippen LogP contribution in [0.2, 0.25) is 5.02 Å².